The van der Waals surface area contributed by atoms with E-state index in [0.29, 0.717) is 0 Å². The Bertz CT molecular complexity index is 706. The summed E-state index contributed by atoms with van der Waals surface area (Å²) in [6.07, 6.45) is 18.8. The van der Waals surface area contributed by atoms with Crippen molar-refractivity contribution in [3.05, 3.63) is 52.1 Å². The maximum absolute atomic E-state index is 2.55. The average molecular weight is 786 g/mol. The topological polar surface area (TPSA) is 13.1 Å². The normalized spacial score (nSPS) is 18.8. The molecule has 0 radical (unpaired) electrons. The summed E-state index contributed by atoms with van der Waals surface area (Å²) in [5.41, 5.74) is 1.35. The van der Waals surface area contributed by atoms with Crippen molar-refractivity contribution >= 4 is 45.7 Å². The molecule has 2 saturated carbocycles. The molecule has 0 spiro atoms. The Hall–Kier alpha value is 0.538. The molecule has 2 aromatic rings. The standard InChI is InChI=1S/C15H24N2.C7H7I2N.Pt/c1-3-7-14(8-4-1)16-11-12-17(13-16)15-9-5-2-6-10-15;8-10(9)6-7-4-2-1-3-5-7;/h11-12,14-15H,1-10H2;1-5H,6H2;. The number of nitrogens with zero attached hydrogens (tertiary/aromatic N) is 3. The van der Waals surface area contributed by atoms with E-state index in [1.165, 1.54) is 73.6 Å². The molecular formula is C22H31I2N3Pt. The first-order valence-corrected chi connectivity index (χ1v) is 13.6. The summed E-state index contributed by atoms with van der Waals surface area (Å²) in [7, 11) is 0. The Balaban J connectivity index is 0.000000192. The van der Waals surface area contributed by atoms with Gasteiger partial charge in [0.25, 0.3) is 0 Å². The van der Waals surface area contributed by atoms with E-state index in [-0.39, 0.29) is 0 Å². The van der Waals surface area contributed by atoms with E-state index < -0.39 is 0 Å². The van der Waals surface area contributed by atoms with Gasteiger partial charge in [-0.25, -0.2) is 0 Å². The summed E-state index contributed by atoms with van der Waals surface area (Å²) in [5.74, 6) is 0. The molecular weight excluding hydrogens is 755 g/mol. The van der Waals surface area contributed by atoms with Crippen molar-refractivity contribution in [3.8, 4) is 0 Å². The first-order valence-electron chi connectivity index (χ1n) is 10.5. The summed E-state index contributed by atoms with van der Waals surface area (Å²) >= 11 is 7.08. The third-order valence-corrected chi connectivity index (χ3v) is 7.72. The molecule has 0 atom stereocenters. The van der Waals surface area contributed by atoms with Gasteiger partial charge in [0.15, 0.2) is 0 Å². The van der Waals surface area contributed by atoms with Gasteiger partial charge in [-0.15, -0.1) is 0 Å². The van der Waals surface area contributed by atoms with Gasteiger partial charge in [0.05, 0.1) is 0 Å². The third kappa shape index (κ3) is 7.05. The second kappa shape index (κ2) is 12.4. The number of hydrogen-bond acceptors (Lipinski definition) is 1. The van der Waals surface area contributed by atoms with Gasteiger partial charge in [-0.3, -0.25) is 0 Å². The molecule has 2 aliphatic rings. The predicted octanol–water partition coefficient (Wildman–Crippen LogP) is 7.57. The summed E-state index contributed by atoms with van der Waals surface area (Å²) in [6.45, 7) is 1.00. The second-order valence-corrected chi connectivity index (χ2v) is 13.1. The second-order valence-electron chi connectivity index (χ2n) is 7.88. The molecule has 0 aliphatic heterocycles. The van der Waals surface area contributed by atoms with Gasteiger partial charge < -0.3 is 0 Å². The van der Waals surface area contributed by atoms with Crippen LogP contribution in [0.15, 0.2) is 42.7 Å². The molecule has 0 N–H and O–H groups in total. The summed E-state index contributed by atoms with van der Waals surface area (Å²) in [5, 5.41) is 0. The van der Waals surface area contributed by atoms with Crippen molar-refractivity contribution in [3.63, 3.8) is 0 Å². The zero-order valence-corrected chi connectivity index (χ0v) is 23.0. The molecule has 0 saturated heterocycles. The van der Waals surface area contributed by atoms with Crippen LogP contribution in [0, 0.1) is 3.80 Å². The number of benzene rings is 1. The molecule has 6 heteroatoms. The van der Waals surface area contributed by atoms with Gasteiger partial charge >= 0.3 is 121 Å². The minimum atomic E-state index is 0.774. The van der Waals surface area contributed by atoms with Gasteiger partial charge in [-0.05, 0) is 5.56 Å². The molecule has 0 amide bonds. The van der Waals surface area contributed by atoms with E-state index >= 15 is 0 Å². The van der Waals surface area contributed by atoms with Crippen LogP contribution in [0.3, 0.4) is 0 Å². The van der Waals surface area contributed by atoms with Crippen molar-refractivity contribution < 1.29 is 19.4 Å². The molecule has 2 aliphatic carbocycles. The van der Waals surface area contributed by atoms with Crippen molar-refractivity contribution in [2.24, 2.45) is 0 Å². The Morgan fingerprint density at radius 2 is 1.25 bits per heavy atom. The Morgan fingerprint density at radius 3 is 1.68 bits per heavy atom. The fraction of sp³-hybridized carbons (Fsp3) is 0.591. The van der Waals surface area contributed by atoms with Crippen molar-refractivity contribution in [2.45, 2.75) is 82.8 Å². The maximum atomic E-state index is 2.55. The first-order chi connectivity index (χ1) is 13.6. The van der Waals surface area contributed by atoms with Crippen LogP contribution in [0.2, 0.25) is 0 Å². The number of imidazole rings is 1. The van der Waals surface area contributed by atoms with Crippen LogP contribution in [0.4, 0.5) is 0 Å². The van der Waals surface area contributed by atoms with Crippen LogP contribution < -0.4 is 0 Å². The Morgan fingerprint density at radius 1 is 0.786 bits per heavy atom. The van der Waals surface area contributed by atoms with Gasteiger partial charge in [-0.2, -0.15) is 1.33 Å². The van der Waals surface area contributed by atoms with Crippen LogP contribution >= 0.6 is 45.7 Å². The first kappa shape index (κ1) is 23.2. The van der Waals surface area contributed by atoms with Crippen molar-refractivity contribution in [1.82, 2.24) is 10.5 Å². The van der Waals surface area contributed by atoms with E-state index in [0.717, 1.165) is 18.6 Å². The third-order valence-electron chi connectivity index (χ3n) is 5.86. The fourth-order valence-electron chi connectivity index (χ4n) is 4.35. The molecule has 28 heavy (non-hydrogen) atoms. The Labute approximate surface area is 208 Å². The minimum absolute atomic E-state index is 0.774. The van der Waals surface area contributed by atoms with Gasteiger partial charge in [-0.1, -0.05) is 30.3 Å². The van der Waals surface area contributed by atoms with Crippen LogP contribution in [0.1, 0.15) is 81.9 Å². The number of aromatic nitrogens is 2. The van der Waals surface area contributed by atoms with E-state index in [2.05, 4.69) is 112 Å². The zero-order chi connectivity index (χ0) is 19.8. The summed E-state index contributed by atoms with van der Waals surface area (Å²) in [6, 6.07) is 12.0. The molecule has 158 valence electrons. The fourth-order valence-corrected chi connectivity index (χ4v) is 6.31. The molecule has 1 heterocycles. The van der Waals surface area contributed by atoms with Crippen LogP contribution in [-0.2, 0) is 25.9 Å². The SMILES string of the molecule is IN(I)Cc1ccccc1.[Pt]=[c]1n(C2CCCCC2)ccn1C1CCCCC1. The molecule has 1 aromatic carbocycles. The molecule has 0 unspecified atom stereocenters. The molecule has 3 nitrogen and oxygen atoms in total. The molecule has 1 aromatic heterocycles. The number of hydrogen-bond donors (Lipinski definition) is 0. The van der Waals surface area contributed by atoms with Crippen LogP contribution in [0.25, 0.3) is 0 Å². The van der Waals surface area contributed by atoms with Gasteiger partial charge in [0.1, 0.15) is 0 Å². The number of rotatable bonds is 4. The van der Waals surface area contributed by atoms with E-state index in [9.17, 15) is 0 Å². The predicted molar refractivity (Wildman–Crippen MR) is 130 cm³/mol. The average Bonchev–Trinajstić information content (AvgIpc) is 3.11. The molecule has 2 fully saturated rings. The number of halogens is 2. The van der Waals surface area contributed by atoms with Crippen LogP contribution in [0.5, 0.6) is 0 Å². The summed E-state index contributed by atoms with van der Waals surface area (Å²) in [4.78, 5) is 0. The summed E-state index contributed by atoms with van der Waals surface area (Å²) < 4.78 is 8.67. The van der Waals surface area contributed by atoms with Crippen molar-refractivity contribution in [1.29, 1.82) is 0 Å². The van der Waals surface area contributed by atoms with Crippen molar-refractivity contribution in [2.75, 3.05) is 0 Å². The monoisotopic (exact) mass is 786 g/mol. The molecule has 0 bridgehead atoms. The molecule has 4 rings (SSSR count). The van der Waals surface area contributed by atoms with Crippen LogP contribution in [-0.4, -0.2) is 10.5 Å². The zero-order valence-electron chi connectivity index (χ0n) is 16.4. The van der Waals surface area contributed by atoms with E-state index in [1.54, 1.807) is 0 Å². The van der Waals surface area contributed by atoms with Gasteiger partial charge in [0, 0.05) is 52.3 Å². The van der Waals surface area contributed by atoms with E-state index in [4.69, 9.17) is 0 Å². The van der Waals surface area contributed by atoms with Gasteiger partial charge in [0.2, 0.25) is 0 Å². The van der Waals surface area contributed by atoms with E-state index in [1.807, 2.05) is 6.07 Å². The Kier molecular flexibility index (Phi) is 10.3. The quantitative estimate of drug-likeness (QED) is 0.231.